The Morgan fingerprint density at radius 3 is 2.59 bits per heavy atom. The van der Waals surface area contributed by atoms with Crippen molar-refractivity contribution in [3.63, 3.8) is 0 Å². The summed E-state index contributed by atoms with van der Waals surface area (Å²) >= 11 is 0. The average Bonchev–Trinajstić information content (AvgIpc) is 2.51. The number of aliphatic carboxylic acids is 1. The molecule has 0 aromatic carbocycles. The molecule has 0 saturated carbocycles. The topological polar surface area (TPSA) is 95.9 Å². The summed E-state index contributed by atoms with van der Waals surface area (Å²) in [5.41, 5.74) is -1.20. The summed E-state index contributed by atoms with van der Waals surface area (Å²) in [7, 11) is 0. The summed E-state index contributed by atoms with van der Waals surface area (Å²) < 4.78 is 18.3. The monoisotopic (exact) mass is 246 g/mol. The molecule has 0 aromatic heterocycles. The molecule has 2 fully saturated rings. The number of nitrogens with zero attached hydrogens (tertiary/aromatic N) is 1. The Morgan fingerprint density at radius 2 is 2.06 bits per heavy atom. The van der Waals surface area contributed by atoms with Gasteiger partial charge in [-0.3, -0.25) is 4.79 Å². The molecule has 2 aliphatic rings. The van der Waals surface area contributed by atoms with Gasteiger partial charge in [0.2, 0.25) is 0 Å². The van der Waals surface area contributed by atoms with Crippen LogP contribution in [0.15, 0.2) is 0 Å². The Labute approximate surface area is 95.5 Å². The largest absolute Gasteiger partial charge is 0.478 e. The molecule has 0 bridgehead atoms. The number of alkyl halides is 1. The fourth-order valence-corrected chi connectivity index (χ4v) is 2.02. The van der Waals surface area contributed by atoms with Crippen molar-refractivity contribution >= 4 is 17.9 Å². The Bertz CT molecular complexity index is 380. The molecule has 0 aliphatic carbocycles. The number of carbonyl (C=O) groups is 3. The van der Waals surface area contributed by atoms with Crippen LogP contribution in [0.2, 0.25) is 0 Å². The number of ether oxygens (including phenoxy) is 1. The van der Waals surface area contributed by atoms with Crippen molar-refractivity contribution in [3.05, 3.63) is 0 Å². The first-order valence-corrected chi connectivity index (χ1v) is 5.08. The number of halogens is 1. The van der Waals surface area contributed by atoms with Crippen LogP contribution in [0.3, 0.4) is 0 Å². The third kappa shape index (κ3) is 1.74. The summed E-state index contributed by atoms with van der Waals surface area (Å²) in [6, 6.07) is -1.01. The zero-order chi connectivity index (χ0) is 12.6. The molecule has 2 aliphatic heterocycles. The van der Waals surface area contributed by atoms with Gasteiger partial charge in [-0.1, -0.05) is 0 Å². The molecule has 3 amide bonds. The zero-order valence-corrected chi connectivity index (χ0v) is 8.81. The first-order chi connectivity index (χ1) is 7.98. The molecule has 8 heteroatoms. The maximum absolute atomic E-state index is 13.3. The number of hydrogen-bond donors (Lipinski definition) is 2. The van der Waals surface area contributed by atoms with Gasteiger partial charge in [0.15, 0.2) is 0 Å². The predicted molar refractivity (Wildman–Crippen MR) is 50.7 cm³/mol. The number of carboxylic acid groups (broad SMARTS) is 1. The fourth-order valence-electron chi connectivity index (χ4n) is 2.02. The number of nitrogens with one attached hydrogen (secondary N) is 1. The molecule has 1 spiro atoms. The second-order valence-electron chi connectivity index (χ2n) is 3.97. The quantitative estimate of drug-likeness (QED) is 0.504. The van der Waals surface area contributed by atoms with Crippen LogP contribution in [0.1, 0.15) is 12.8 Å². The van der Waals surface area contributed by atoms with E-state index in [1.807, 2.05) is 0 Å². The highest BCUT2D eigenvalue weighted by Gasteiger charge is 2.55. The van der Waals surface area contributed by atoms with E-state index in [2.05, 4.69) is 5.32 Å². The van der Waals surface area contributed by atoms with Gasteiger partial charge < -0.3 is 15.2 Å². The minimum atomic E-state index is -2.65. The molecule has 94 valence electrons. The molecular weight excluding hydrogens is 235 g/mol. The van der Waals surface area contributed by atoms with Crippen molar-refractivity contribution in [2.45, 2.75) is 24.7 Å². The molecular formula is C9H11FN2O5. The van der Waals surface area contributed by atoms with Crippen molar-refractivity contribution in [3.8, 4) is 0 Å². The second kappa shape index (κ2) is 3.95. The van der Waals surface area contributed by atoms with Gasteiger partial charge in [0.25, 0.3) is 12.2 Å². The summed E-state index contributed by atoms with van der Waals surface area (Å²) in [4.78, 5) is 34.0. The molecule has 17 heavy (non-hydrogen) atoms. The summed E-state index contributed by atoms with van der Waals surface area (Å²) in [6.07, 6.45) is -2.20. The van der Waals surface area contributed by atoms with Crippen molar-refractivity contribution in [1.29, 1.82) is 0 Å². The minimum Gasteiger partial charge on any atom is -0.478 e. The Morgan fingerprint density at radius 1 is 1.47 bits per heavy atom. The highest BCUT2D eigenvalue weighted by Crippen LogP contribution is 2.29. The number of imide groups is 1. The molecule has 2 N–H and O–H groups in total. The minimum absolute atomic E-state index is 0.119. The number of hydrogen-bond acceptors (Lipinski definition) is 4. The molecule has 0 aromatic rings. The van der Waals surface area contributed by atoms with Gasteiger partial charge in [0, 0.05) is 26.1 Å². The van der Waals surface area contributed by atoms with E-state index in [1.54, 1.807) is 0 Å². The lowest BCUT2D eigenvalue weighted by Crippen LogP contribution is -2.51. The Balaban J connectivity index is 2.24. The van der Waals surface area contributed by atoms with Crippen LogP contribution in [-0.4, -0.2) is 53.0 Å². The second-order valence-corrected chi connectivity index (χ2v) is 3.97. The summed E-state index contributed by atoms with van der Waals surface area (Å²) in [6.45, 7) is 0.535. The van der Waals surface area contributed by atoms with E-state index in [4.69, 9.17) is 9.84 Å². The van der Waals surface area contributed by atoms with E-state index in [0.29, 0.717) is 0 Å². The van der Waals surface area contributed by atoms with Gasteiger partial charge in [-0.25, -0.2) is 18.9 Å². The van der Waals surface area contributed by atoms with Crippen LogP contribution in [0, 0.1) is 0 Å². The third-order valence-electron chi connectivity index (χ3n) is 2.97. The van der Waals surface area contributed by atoms with Crippen LogP contribution in [-0.2, 0) is 14.3 Å². The van der Waals surface area contributed by atoms with E-state index in [-0.39, 0.29) is 31.0 Å². The highest BCUT2D eigenvalue weighted by atomic mass is 19.1. The highest BCUT2D eigenvalue weighted by molar-refractivity contribution is 6.09. The van der Waals surface area contributed by atoms with Gasteiger partial charge in [-0.05, 0) is 0 Å². The molecule has 0 radical (unpaired) electrons. The lowest BCUT2D eigenvalue weighted by Gasteiger charge is -2.30. The van der Waals surface area contributed by atoms with Gasteiger partial charge in [-0.2, -0.15) is 0 Å². The predicted octanol–water partition coefficient (Wildman–Crippen LogP) is -0.532. The zero-order valence-electron chi connectivity index (χ0n) is 8.81. The fraction of sp³-hybridized carbons (Fsp3) is 0.667. The van der Waals surface area contributed by atoms with Gasteiger partial charge in [-0.15, -0.1) is 0 Å². The standard InChI is InChI=1S/C9H11FN2O5/c10-5(6(13)14)12-7(15)9(11-8(12)16)1-3-17-4-2-9/h5H,1-4H2,(H,11,16)(H,13,14). The first-order valence-electron chi connectivity index (χ1n) is 5.08. The first kappa shape index (κ1) is 11.8. The number of urea groups is 1. The molecule has 2 heterocycles. The Hall–Kier alpha value is -1.70. The third-order valence-corrected chi connectivity index (χ3v) is 2.97. The van der Waals surface area contributed by atoms with Gasteiger partial charge >= 0.3 is 12.0 Å². The van der Waals surface area contributed by atoms with Crippen LogP contribution < -0.4 is 5.32 Å². The van der Waals surface area contributed by atoms with Crippen molar-refractivity contribution in [2.24, 2.45) is 0 Å². The van der Waals surface area contributed by atoms with Crippen molar-refractivity contribution in [2.75, 3.05) is 13.2 Å². The number of carbonyl (C=O) groups excluding carboxylic acids is 2. The molecule has 2 saturated heterocycles. The summed E-state index contributed by atoms with van der Waals surface area (Å²) in [5.74, 6) is -2.70. The smallest absolute Gasteiger partial charge is 0.360 e. The van der Waals surface area contributed by atoms with Crippen LogP contribution in [0.5, 0.6) is 0 Å². The van der Waals surface area contributed by atoms with Crippen LogP contribution >= 0.6 is 0 Å². The normalized spacial score (nSPS) is 24.9. The van der Waals surface area contributed by atoms with Gasteiger partial charge in [0.1, 0.15) is 5.54 Å². The lowest BCUT2D eigenvalue weighted by atomic mass is 9.90. The van der Waals surface area contributed by atoms with E-state index < -0.39 is 29.7 Å². The maximum Gasteiger partial charge on any atom is 0.360 e. The number of amides is 3. The SMILES string of the molecule is O=C(O)C(F)N1C(=O)NC2(CCOCC2)C1=O. The van der Waals surface area contributed by atoms with Crippen molar-refractivity contribution in [1.82, 2.24) is 10.2 Å². The molecule has 1 atom stereocenters. The maximum atomic E-state index is 13.3. The molecule has 7 nitrogen and oxygen atoms in total. The Kier molecular flexibility index (Phi) is 2.74. The van der Waals surface area contributed by atoms with Crippen molar-refractivity contribution < 1.29 is 28.6 Å². The van der Waals surface area contributed by atoms with Crippen LogP contribution in [0.25, 0.3) is 0 Å². The number of rotatable bonds is 2. The van der Waals surface area contributed by atoms with E-state index >= 15 is 0 Å². The van der Waals surface area contributed by atoms with Crippen LogP contribution in [0.4, 0.5) is 9.18 Å². The lowest BCUT2D eigenvalue weighted by molar-refractivity contribution is -0.155. The van der Waals surface area contributed by atoms with E-state index in [9.17, 15) is 18.8 Å². The summed E-state index contributed by atoms with van der Waals surface area (Å²) in [5, 5.41) is 10.9. The van der Waals surface area contributed by atoms with Gasteiger partial charge in [0.05, 0.1) is 0 Å². The van der Waals surface area contributed by atoms with E-state index in [1.165, 1.54) is 0 Å². The van der Waals surface area contributed by atoms with E-state index in [0.717, 1.165) is 0 Å². The average molecular weight is 246 g/mol. The molecule has 2 rings (SSSR count). The molecule has 1 unspecified atom stereocenters. The number of carboxylic acids is 1.